The van der Waals surface area contributed by atoms with E-state index < -0.39 is 0 Å². The van der Waals surface area contributed by atoms with Crippen molar-refractivity contribution in [1.82, 2.24) is 9.88 Å². The largest absolute Gasteiger partial charge is 0.374 e. The molecule has 0 bridgehead atoms. The van der Waals surface area contributed by atoms with Gasteiger partial charge in [0, 0.05) is 28.3 Å². The van der Waals surface area contributed by atoms with Gasteiger partial charge in [-0.05, 0) is 68.8 Å². The van der Waals surface area contributed by atoms with Crippen molar-refractivity contribution in [2.24, 2.45) is 5.92 Å². The van der Waals surface area contributed by atoms with E-state index in [1.54, 1.807) is 0 Å². The molecule has 4 atom stereocenters. The lowest BCUT2D eigenvalue weighted by molar-refractivity contribution is 0.452. The highest BCUT2D eigenvalue weighted by atomic mass is 15.0. The Kier molecular flexibility index (Phi) is 5.80. The summed E-state index contributed by atoms with van der Waals surface area (Å²) in [5, 5.41) is 6.49. The number of para-hydroxylation sites is 3. The molecule has 7 aromatic rings. The van der Waals surface area contributed by atoms with Crippen LogP contribution in [0.1, 0.15) is 45.3 Å². The van der Waals surface area contributed by atoms with Crippen LogP contribution < -0.4 is 5.32 Å². The van der Waals surface area contributed by atoms with Crippen LogP contribution >= 0.6 is 0 Å². The van der Waals surface area contributed by atoms with Gasteiger partial charge in [-0.25, -0.2) is 0 Å². The molecule has 0 amide bonds. The third-order valence-electron chi connectivity index (χ3n) is 11.7. The molecular weight excluding hydrogens is 605 g/mol. The van der Waals surface area contributed by atoms with E-state index in [9.17, 15) is 0 Å². The highest BCUT2D eigenvalue weighted by molar-refractivity contribution is 6.12. The number of benzene rings is 6. The molecule has 50 heavy (non-hydrogen) atoms. The Labute approximate surface area is 292 Å². The summed E-state index contributed by atoms with van der Waals surface area (Å²) in [5.41, 5.74) is 15.3. The summed E-state index contributed by atoms with van der Waals surface area (Å²) in [6.45, 7) is 0. The Morgan fingerprint density at radius 1 is 0.560 bits per heavy atom. The molecule has 236 valence electrons. The van der Waals surface area contributed by atoms with Gasteiger partial charge in [-0.15, -0.1) is 0 Å². The van der Waals surface area contributed by atoms with Gasteiger partial charge < -0.3 is 9.88 Å². The molecule has 1 spiro atoms. The minimum Gasteiger partial charge on any atom is -0.374 e. The molecule has 1 aromatic heterocycles. The second-order valence-corrected chi connectivity index (χ2v) is 14.1. The zero-order valence-electron chi connectivity index (χ0n) is 27.5. The lowest BCUT2D eigenvalue weighted by Gasteiger charge is -2.43. The molecule has 6 aromatic carbocycles. The molecule has 2 aliphatic carbocycles. The van der Waals surface area contributed by atoms with Crippen LogP contribution in [0.4, 0.5) is 0 Å². The molecule has 3 heterocycles. The van der Waals surface area contributed by atoms with Crippen molar-refractivity contribution in [1.29, 1.82) is 0 Å². The van der Waals surface area contributed by atoms with E-state index in [1.807, 2.05) is 0 Å². The molecule has 1 N–H and O–H groups in total. The molecule has 0 fully saturated rings. The lowest BCUT2D eigenvalue weighted by atomic mass is 9.60. The van der Waals surface area contributed by atoms with Crippen LogP contribution in [0.15, 0.2) is 193 Å². The van der Waals surface area contributed by atoms with Gasteiger partial charge in [-0.3, -0.25) is 0 Å². The fourth-order valence-electron chi connectivity index (χ4n) is 9.71. The number of rotatable bonds is 3. The molecule has 0 radical (unpaired) electrons. The first-order valence-electron chi connectivity index (χ1n) is 17.7. The predicted octanol–water partition coefficient (Wildman–Crippen LogP) is 11.0. The van der Waals surface area contributed by atoms with Crippen molar-refractivity contribution in [2.75, 3.05) is 0 Å². The number of hydrogen-bond acceptors (Lipinski definition) is 1. The van der Waals surface area contributed by atoms with E-state index in [0.717, 1.165) is 5.70 Å². The molecule has 2 aliphatic heterocycles. The topological polar surface area (TPSA) is 17.0 Å². The molecule has 4 aliphatic rings. The third kappa shape index (κ3) is 3.68. The van der Waals surface area contributed by atoms with Crippen molar-refractivity contribution >= 4 is 27.5 Å². The molecule has 0 saturated carbocycles. The second kappa shape index (κ2) is 10.4. The van der Waals surface area contributed by atoms with Crippen LogP contribution in [-0.2, 0) is 5.41 Å². The van der Waals surface area contributed by atoms with Crippen molar-refractivity contribution in [3.05, 3.63) is 227 Å². The Hall–Kier alpha value is -6.12. The number of allylic oxidation sites excluding steroid dienone is 6. The van der Waals surface area contributed by atoms with Gasteiger partial charge >= 0.3 is 0 Å². The van der Waals surface area contributed by atoms with Gasteiger partial charge in [0.05, 0.1) is 28.2 Å². The maximum absolute atomic E-state index is 3.85. The molecule has 2 heteroatoms. The van der Waals surface area contributed by atoms with Crippen LogP contribution in [0.5, 0.6) is 0 Å². The van der Waals surface area contributed by atoms with E-state index in [0.29, 0.717) is 0 Å². The summed E-state index contributed by atoms with van der Waals surface area (Å²) in [4.78, 5) is 0. The Morgan fingerprint density at radius 3 is 2.14 bits per heavy atom. The smallest absolute Gasteiger partial charge is 0.0707 e. The minimum absolute atomic E-state index is 0.0630. The molecule has 4 unspecified atom stereocenters. The Morgan fingerprint density at radius 2 is 1.26 bits per heavy atom. The highest BCUT2D eigenvalue weighted by Gasteiger charge is 2.56. The maximum atomic E-state index is 3.85. The number of nitrogens with zero attached hydrogens (tertiary/aromatic N) is 1. The second-order valence-electron chi connectivity index (χ2n) is 14.1. The number of hydrogen-bond donors (Lipinski definition) is 1. The fraction of sp³-hybridized carbons (Fsp3) is 0.0833. The van der Waals surface area contributed by atoms with Crippen LogP contribution in [0.3, 0.4) is 0 Å². The summed E-state index contributed by atoms with van der Waals surface area (Å²) < 4.78 is 2.54. The predicted molar refractivity (Wildman–Crippen MR) is 205 cm³/mol. The minimum atomic E-state index is -0.351. The van der Waals surface area contributed by atoms with E-state index >= 15 is 0 Å². The first kappa shape index (κ1) is 27.8. The third-order valence-corrected chi connectivity index (χ3v) is 11.7. The number of fused-ring (bicyclic) bond motifs is 12. The summed E-state index contributed by atoms with van der Waals surface area (Å²) in [5.74, 6) is 0.456. The van der Waals surface area contributed by atoms with E-state index in [2.05, 4.69) is 192 Å². The number of dihydropyridines is 1. The monoisotopic (exact) mass is 638 g/mol. The van der Waals surface area contributed by atoms with Crippen molar-refractivity contribution in [3.63, 3.8) is 0 Å². The van der Waals surface area contributed by atoms with Gasteiger partial charge in [-0.2, -0.15) is 0 Å². The summed E-state index contributed by atoms with van der Waals surface area (Å²) in [7, 11) is 0. The number of aromatic nitrogens is 1. The van der Waals surface area contributed by atoms with Crippen LogP contribution in [0, 0.1) is 5.92 Å². The van der Waals surface area contributed by atoms with E-state index in [1.165, 1.54) is 72.0 Å². The summed E-state index contributed by atoms with van der Waals surface area (Å²) in [6, 6.07) is 56.0. The SMILES string of the molecule is C1=CC2c3ccccc3C3(c4ccccc4-n4c5ccccc5c5cccc3c54)C2C=C1C1=CC(c2ccccc2)NC(c2ccccc2)=C1. The maximum Gasteiger partial charge on any atom is 0.0707 e. The summed E-state index contributed by atoms with van der Waals surface area (Å²) >= 11 is 0. The standard InChI is InChI=1S/C48H34N2/c1-3-14-31(15-4-1)43-29-34(30-44(49-43)32-16-5-2-6-17-32)33-26-27-36-35-18-7-9-21-39(35)48(42(36)28-33)40-22-10-12-25-46(40)50-45-24-11-8-19-37(45)38-20-13-23-41(48)47(38)50/h1-30,36,42-43,49H. The van der Waals surface area contributed by atoms with Gasteiger partial charge in [0.25, 0.3) is 0 Å². The average Bonchev–Trinajstić information content (AvgIpc) is 3.69. The zero-order valence-corrected chi connectivity index (χ0v) is 27.5. The quantitative estimate of drug-likeness (QED) is 0.204. The highest BCUT2D eigenvalue weighted by Crippen LogP contribution is 2.64. The average molecular weight is 639 g/mol. The van der Waals surface area contributed by atoms with E-state index in [4.69, 9.17) is 0 Å². The molecular formula is C48H34N2. The first-order valence-corrected chi connectivity index (χ1v) is 17.7. The fourth-order valence-corrected chi connectivity index (χ4v) is 9.71. The lowest BCUT2D eigenvalue weighted by Crippen LogP contribution is -2.39. The van der Waals surface area contributed by atoms with Crippen LogP contribution in [-0.4, -0.2) is 4.57 Å². The van der Waals surface area contributed by atoms with Gasteiger partial charge in [0.2, 0.25) is 0 Å². The number of nitrogens with one attached hydrogen (secondary N) is 1. The van der Waals surface area contributed by atoms with Crippen LogP contribution in [0.25, 0.3) is 33.2 Å². The molecule has 11 rings (SSSR count). The first-order chi connectivity index (χ1) is 24.8. The van der Waals surface area contributed by atoms with Gasteiger partial charge in [-0.1, -0.05) is 158 Å². The zero-order chi connectivity index (χ0) is 32.8. The van der Waals surface area contributed by atoms with Crippen molar-refractivity contribution in [3.8, 4) is 5.69 Å². The van der Waals surface area contributed by atoms with E-state index in [-0.39, 0.29) is 23.3 Å². The van der Waals surface area contributed by atoms with Crippen molar-refractivity contribution < 1.29 is 0 Å². The van der Waals surface area contributed by atoms with Crippen molar-refractivity contribution in [2.45, 2.75) is 17.4 Å². The summed E-state index contributed by atoms with van der Waals surface area (Å²) in [6.07, 6.45) is 12.3. The molecule has 0 saturated heterocycles. The van der Waals surface area contributed by atoms with Gasteiger partial charge in [0.1, 0.15) is 0 Å². The Balaban J connectivity index is 1.18. The normalized spacial score (nSPS) is 22.7. The van der Waals surface area contributed by atoms with Gasteiger partial charge in [0.15, 0.2) is 0 Å². The Bertz CT molecular complexity index is 2630. The van der Waals surface area contributed by atoms with Crippen LogP contribution in [0.2, 0.25) is 0 Å². The molecule has 2 nitrogen and oxygen atoms in total.